The first-order valence-electron chi connectivity index (χ1n) is 4.93. The van der Waals surface area contributed by atoms with Crippen LogP contribution in [-0.4, -0.2) is 19.0 Å². The van der Waals surface area contributed by atoms with Crippen LogP contribution in [0.25, 0.3) is 0 Å². The molecular weight excluding hydrogens is 222 g/mol. The van der Waals surface area contributed by atoms with Crippen LogP contribution in [0.1, 0.15) is 6.92 Å². The molecular formula is C11H11N3O3. The van der Waals surface area contributed by atoms with Crippen molar-refractivity contribution in [3.63, 3.8) is 0 Å². The van der Waals surface area contributed by atoms with Crippen LogP contribution in [0.15, 0.2) is 24.0 Å². The molecule has 0 aromatic heterocycles. The second kappa shape index (κ2) is 4.19. The van der Waals surface area contributed by atoms with Crippen LogP contribution in [0.5, 0.6) is 5.75 Å². The molecule has 1 aliphatic rings. The molecule has 2 N–H and O–H groups in total. The number of ether oxygens (including phenoxy) is 1. The van der Waals surface area contributed by atoms with Crippen LogP contribution >= 0.6 is 0 Å². The van der Waals surface area contributed by atoms with Crippen LogP contribution in [0.4, 0.5) is 11.4 Å². The number of nitrogens with zero attached hydrogens (tertiary/aromatic N) is 1. The number of rotatable bonds is 2. The first-order chi connectivity index (χ1) is 8.15. The summed E-state index contributed by atoms with van der Waals surface area (Å²) in [6.07, 6.45) is 0. The van der Waals surface area contributed by atoms with Gasteiger partial charge in [-0.25, -0.2) is 9.80 Å². The van der Waals surface area contributed by atoms with Crippen molar-refractivity contribution < 1.29 is 14.3 Å². The van der Waals surface area contributed by atoms with E-state index in [2.05, 4.69) is 10.7 Å². The highest BCUT2D eigenvalue weighted by atomic mass is 16.5. The second-order valence-corrected chi connectivity index (χ2v) is 3.46. The van der Waals surface area contributed by atoms with Crippen LogP contribution in [0, 0.1) is 0 Å². The first-order valence-corrected chi connectivity index (χ1v) is 4.93. The smallest absolute Gasteiger partial charge is 0.235 e. The number of carbonyl (C=O) groups is 1. The quantitative estimate of drug-likeness (QED) is 0.734. The molecule has 0 saturated heterocycles. The topological polar surface area (TPSA) is 70.7 Å². The lowest BCUT2D eigenvalue weighted by Crippen LogP contribution is -2.39. The molecule has 0 saturated carbocycles. The third kappa shape index (κ3) is 1.93. The maximum absolute atomic E-state index is 11.0. The summed E-state index contributed by atoms with van der Waals surface area (Å²) in [7, 11) is 1.55. The van der Waals surface area contributed by atoms with E-state index >= 15 is 0 Å². The number of methoxy groups -OCH3 is 1. The third-order valence-corrected chi connectivity index (χ3v) is 2.29. The van der Waals surface area contributed by atoms with E-state index < -0.39 is 0 Å². The van der Waals surface area contributed by atoms with Crippen molar-refractivity contribution in [3.05, 3.63) is 24.0 Å². The molecule has 1 aromatic rings. The molecule has 6 heteroatoms. The predicted octanol–water partition coefficient (Wildman–Crippen LogP) is 0.651. The Morgan fingerprint density at radius 2 is 2.29 bits per heavy atom. The van der Waals surface area contributed by atoms with E-state index in [4.69, 9.17) is 4.74 Å². The Kier molecular flexibility index (Phi) is 2.72. The van der Waals surface area contributed by atoms with Crippen LogP contribution in [0.2, 0.25) is 0 Å². The Balaban J connectivity index is 2.42. The molecule has 0 aliphatic carbocycles. The molecule has 1 amide bonds. The fraction of sp³-hybridized carbons (Fsp3) is 0.182. The van der Waals surface area contributed by atoms with Crippen LogP contribution in [-0.2, 0) is 9.59 Å². The number of hydrazine groups is 1. The summed E-state index contributed by atoms with van der Waals surface area (Å²) >= 11 is 0. The van der Waals surface area contributed by atoms with E-state index in [1.807, 2.05) is 0 Å². The number of hydrogen-bond acceptors (Lipinski definition) is 5. The van der Waals surface area contributed by atoms with Gasteiger partial charge in [-0.15, -0.1) is 0 Å². The molecule has 1 aliphatic heterocycles. The number of carbonyl (C=O) groups excluding carboxylic acids is 2. The highest BCUT2D eigenvalue weighted by Gasteiger charge is 2.26. The number of anilines is 2. The zero-order valence-electron chi connectivity index (χ0n) is 9.40. The largest absolute Gasteiger partial charge is 0.497 e. The Hall–Kier alpha value is -2.46. The fourth-order valence-corrected chi connectivity index (χ4v) is 1.59. The van der Waals surface area contributed by atoms with Gasteiger partial charge in [-0.1, -0.05) is 0 Å². The molecule has 0 fully saturated rings. The summed E-state index contributed by atoms with van der Waals surface area (Å²) in [5.41, 5.74) is 3.87. The van der Waals surface area contributed by atoms with Gasteiger partial charge in [0.1, 0.15) is 5.75 Å². The lowest BCUT2D eigenvalue weighted by molar-refractivity contribution is -0.119. The van der Waals surface area contributed by atoms with E-state index in [9.17, 15) is 9.59 Å². The van der Waals surface area contributed by atoms with Crippen molar-refractivity contribution >= 4 is 23.2 Å². The Morgan fingerprint density at radius 1 is 1.53 bits per heavy atom. The van der Waals surface area contributed by atoms with Gasteiger partial charge in [0.15, 0.2) is 5.94 Å². The molecule has 88 valence electrons. The number of hydrogen-bond donors (Lipinski definition) is 2. The molecule has 2 rings (SSSR count). The van der Waals surface area contributed by atoms with E-state index in [1.165, 1.54) is 11.9 Å². The monoisotopic (exact) mass is 233 g/mol. The zero-order chi connectivity index (χ0) is 12.4. The minimum absolute atomic E-state index is 0.142. The van der Waals surface area contributed by atoms with Gasteiger partial charge >= 0.3 is 0 Å². The van der Waals surface area contributed by atoms with Crippen molar-refractivity contribution in [2.75, 3.05) is 17.4 Å². The van der Waals surface area contributed by atoms with Gasteiger partial charge in [0.05, 0.1) is 18.5 Å². The van der Waals surface area contributed by atoms with Crippen molar-refractivity contribution in [1.29, 1.82) is 0 Å². The van der Waals surface area contributed by atoms with Gasteiger partial charge in [-0.2, -0.15) is 0 Å². The van der Waals surface area contributed by atoms with Crippen molar-refractivity contribution in [3.8, 4) is 5.75 Å². The molecule has 0 spiro atoms. The number of benzene rings is 1. The minimum Gasteiger partial charge on any atom is -0.497 e. The summed E-state index contributed by atoms with van der Waals surface area (Å²) < 4.78 is 5.07. The van der Waals surface area contributed by atoms with Crippen LogP contribution < -0.4 is 20.5 Å². The Bertz CT molecular complexity index is 521. The number of fused-ring (bicyclic) bond motifs is 1. The third-order valence-electron chi connectivity index (χ3n) is 2.29. The summed E-state index contributed by atoms with van der Waals surface area (Å²) in [6, 6.07) is 5.21. The number of nitrogens with one attached hydrogen (secondary N) is 2. The molecule has 1 aromatic carbocycles. The second-order valence-electron chi connectivity index (χ2n) is 3.46. The van der Waals surface area contributed by atoms with Gasteiger partial charge in [-0.3, -0.25) is 10.2 Å². The molecule has 6 nitrogen and oxygen atoms in total. The lowest BCUT2D eigenvalue weighted by atomic mass is 10.2. The molecule has 0 radical (unpaired) electrons. The van der Waals surface area contributed by atoms with E-state index in [1.54, 1.807) is 31.3 Å². The highest BCUT2D eigenvalue weighted by molar-refractivity contribution is 5.89. The standard InChI is InChI=1S/C11H11N3O3/c1-7(16)13-14-10-4-3-8(17-2)5-9(10)12-11(14)6-15/h3-5,12H,1-2H3,(H,13,16). The number of amides is 1. The molecule has 0 atom stereocenters. The summed E-state index contributed by atoms with van der Waals surface area (Å²) in [5, 5.41) is 4.19. The van der Waals surface area contributed by atoms with Gasteiger partial charge in [0.25, 0.3) is 0 Å². The summed E-state index contributed by atoms with van der Waals surface area (Å²) in [5.74, 6) is 2.26. The van der Waals surface area contributed by atoms with Gasteiger partial charge in [-0.05, 0) is 12.1 Å². The highest BCUT2D eigenvalue weighted by Crippen LogP contribution is 2.36. The van der Waals surface area contributed by atoms with E-state index in [0.717, 1.165) is 0 Å². The first kappa shape index (κ1) is 11.0. The Labute approximate surface area is 97.8 Å². The lowest BCUT2D eigenvalue weighted by Gasteiger charge is -2.17. The van der Waals surface area contributed by atoms with Gasteiger partial charge in [0.2, 0.25) is 11.7 Å². The normalized spacial score (nSPS) is 12.6. The maximum atomic E-state index is 11.0. The van der Waals surface area contributed by atoms with Gasteiger partial charge in [0, 0.05) is 13.0 Å². The van der Waals surface area contributed by atoms with E-state index in [0.29, 0.717) is 17.1 Å². The minimum atomic E-state index is -0.275. The Morgan fingerprint density at radius 3 is 2.88 bits per heavy atom. The van der Waals surface area contributed by atoms with Crippen molar-refractivity contribution in [2.24, 2.45) is 0 Å². The SMILES string of the molecule is COc1ccc2c(c1)NC(=C=O)N2NC(C)=O. The average molecular weight is 233 g/mol. The summed E-state index contributed by atoms with van der Waals surface area (Å²) in [6.45, 7) is 1.37. The maximum Gasteiger partial charge on any atom is 0.235 e. The molecule has 0 unspecified atom stereocenters. The molecule has 17 heavy (non-hydrogen) atoms. The predicted molar refractivity (Wildman–Crippen MR) is 62.1 cm³/mol. The summed E-state index contributed by atoms with van der Waals surface area (Å²) in [4.78, 5) is 21.8. The zero-order valence-corrected chi connectivity index (χ0v) is 9.40. The fourth-order valence-electron chi connectivity index (χ4n) is 1.59. The van der Waals surface area contributed by atoms with Gasteiger partial charge < -0.3 is 10.1 Å². The average Bonchev–Trinajstić information content (AvgIpc) is 2.65. The van der Waals surface area contributed by atoms with E-state index in [-0.39, 0.29) is 11.7 Å². The molecule has 1 heterocycles. The van der Waals surface area contributed by atoms with Crippen molar-refractivity contribution in [1.82, 2.24) is 5.43 Å². The van der Waals surface area contributed by atoms with Crippen LogP contribution in [0.3, 0.4) is 0 Å². The van der Waals surface area contributed by atoms with Crippen molar-refractivity contribution in [2.45, 2.75) is 6.92 Å². The molecule has 0 bridgehead atoms.